The Balaban J connectivity index is 1.60. The van der Waals surface area contributed by atoms with Crippen molar-refractivity contribution in [2.24, 2.45) is 0 Å². The van der Waals surface area contributed by atoms with Crippen molar-refractivity contribution in [3.05, 3.63) is 78.4 Å². The first kappa shape index (κ1) is 19.9. The molecule has 0 bridgehead atoms. The van der Waals surface area contributed by atoms with Crippen LogP contribution in [0.1, 0.15) is 10.4 Å². The SMILES string of the molecule is COc1ccc2nc(NC(=O)c3ccccc3NS(=O)(=O)c3ccccc3)sc2c1. The van der Waals surface area contributed by atoms with Crippen LogP contribution in [0, 0.1) is 0 Å². The third kappa shape index (κ3) is 4.12. The first-order valence-electron chi connectivity index (χ1n) is 8.89. The van der Waals surface area contributed by atoms with E-state index in [-0.39, 0.29) is 16.1 Å². The van der Waals surface area contributed by atoms with E-state index in [1.54, 1.807) is 55.6 Å². The summed E-state index contributed by atoms with van der Waals surface area (Å²) in [4.78, 5) is 17.4. The van der Waals surface area contributed by atoms with E-state index in [4.69, 9.17) is 4.74 Å². The number of thiazole rings is 1. The fourth-order valence-electron chi connectivity index (χ4n) is 2.82. The predicted molar refractivity (Wildman–Crippen MR) is 118 cm³/mol. The molecule has 0 saturated carbocycles. The minimum absolute atomic E-state index is 0.111. The van der Waals surface area contributed by atoms with E-state index in [2.05, 4.69) is 15.0 Å². The number of para-hydroxylation sites is 1. The molecular formula is C21H17N3O4S2. The number of nitrogens with one attached hydrogen (secondary N) is 2. The minimum Gasteiger partial charge on any atom is -0.497 e. The lowest BCUT2D eigenvalue weighted by Gasteiger charge is -2.12. The highest BCUT2D eigenvalue weighted by Crippen LogP contribution is 2.30. The number of fused-ring (bicyclic) bond motifs is 1. The normalized spacial score (nSPS) is 11.2. The molecule has 0 saturated heterocycles. The van der Waals surface area contributed by atoms with Gasteiger partial charge in [-0.2, -0.15) is 0 Å². The molecule has 2 N–H and O–H groups in total. The number of benzene rings is 3. The van der Waals surface area contributed by atoms with Crippen molar-refractivity contribution in [3.63, 3.8) is 0 Å². The lowest BCUT2D eigenvalue weighted by molar-refractivity contribution is 0.102. The number of ether oxygens (including phenoxy) is 1. The lowest BCUT2D eigenvalue weighted by Crippen LogP contribution is -2.18. The molecule has 1 heterocycles. The summed E-state index contributed by atoms with van der Waals surface area (Å²) in [6.45, 7) is 0. The molecule has 0 atom stereocenters. The fraction of sp³-hybridized carbons (Fsp3) is 0.0476. The van der Waals surface area contributed by atoms with Gasteiger partial charge in [-0.3, -0.25) is 14.8 Å². The van der Waals surface area contributed by atoms with E-state index < -0.39 is 15.9 Å². The maximum Gasteiger partial charge on any atom is 0.261 e. The molecule has 9 heteroatoms. The molecule has 4 aromatic rings. The summed E-state index contributed by atoms with van der Waals surface area (Å²) >= 11 is 1.30. The van der Waals surface area contributed by atoms with Crippen LogP contribution in [0.4, 0.5) is 10.8 Å². The number of carbonyl (C=O) groups is 1. The molecule has 152 valence electrons. The molecule has 0 spiro atoms. The first-order chi connectivity index (χ1) is 14.5. The second-order valence-corrected chi connectivity index (χ2v) is 8.98. The van der Waals surface area contributed by atoms with Crippen molar-refractivity contribution in [1.82, 2.24) is 4.98 Å². The molecule has 0 aliphatic carbocycles. The Bertz CT molecular complexity index is 1320. The Hall–Kier alpha value is -3.43. The summed E-state index contributed by atoms with van der Waals surface area (Å²) in [5.74, 6) is 0.233. The Kier molecular flexibility index (Phi) is 5.39. The number of methoxy groups -OCH3 is 1. The van der Waals surface area contributed by atoms with Crippen LogP contribution in [0.3, 0.4) is 0 Å². The molecule has 0 radical (unpaired) electrons. The summed E-state index contributed by atoms with van der Waals surface area (Å²) in [5.41, 5.74) is 1.10. The molecule has 30 heavy (non-hydrogen) atoms. The second-order valence-electron chi connectivity index (χ2n) is 6.27. The van der Waals surface area contributed by atoms with Gasteiger partial charge < -0.3 is 4.74 Å². The molecule has 0 aliphatic rings. The number of rotatable bonds is 6. The van der Waals surface area contributed by atoms with Crippen LogP contribution >= 0.6 is 11.3 Å². The number of amides is 1. The highest BCUT2D eigenvalue weighted by molar-refractivity contribution is 7.92. The van der Waals surface area contributed by atoms with Crippen LogP contribution in [-0.4, -0.2) is 26.4 Å². The van der Waals surface area contributed by atoms with Gasteiger partial charge in [-0.05, 0) is 42.5 Å². The van der Waals surface area contributed by atoms with Crippen LogP contribution in [-0.2, 0) is 10.0 Å². The Morgan fingerprint density at radius 1 is 1.00 bits per heavy atom. The van der Waals surface area contributed by atoms with Crippen LogP contribution in [0.2, 0.25) is 0 Å². The topological polar surface area (TPSA) is 97.4 Å². The molecule has 1 amide bonds. The number of nitrogens with zero attached hydrogens (tertiary/aromatic N) is 1. The summed E-state index contributed by atoms with van der Waals surface area (Å²) in [5, 5.41) is 3.15. The van der Waals surface area contributed by atoms with Gasteiger partial charge in [0.25, 0.3) is 15.9 Å². The van der Waals surface area contributed by atoms with E-state index in [0.717, 1.165) is 10.2 Å². The van der Waals surface area contributed by atoms with Gasteiger partial charge in [0.1, 0.15) is 5.75 Å². The van der Waals surface area contributed by atoms with Gasteiger partial charge in [-0.15, -0.1) is 0 Å². The number of aromatic nitrogens is 1. The van der Waals surface area contributed by atoms with Gasteiger partial charge >= 0.3 is 0 Å². The minimum atomic E-state index is -3.83. The van der Waals surface area contributed by atoms with E-state index in [0.29, 0.717) is 10.9 Å². The maximum absolute atomic E-state index is 12.9. The molecular weight excluding hydrogens is 422 g/mol. The van der Waals surface area contributed by atoms with Crippen molar-refractivity contribution in [1.29, 1.82) is 0 Å². The number of anilines is 2. The average Bonchev–Trinajstić information content (AvgIpc) is 3.15. The zero-order valence-corrected chi connectivity index (χ0v) is 17.5. The van der Waals surface area contributed by atoms with E-state index in [1.165, 1.54) is 23.5 Å². The van der Waals surface area contributed by atoms with Crippen LogP contribution in [0.15, 0.2) is 77.7 Å². The number of hydrogen-bond donors (Lipinski definition) is 2. The summed E-state index contributed by atoms with van der Waals surface area (Å²) in [7, 11) is -2.25. The van der Waals surface area contributed by atoms with Crippen molar-refractivity contribution in [3.8, 4) is 5.75 Å². The van der Waals surface area contributed by atoms with Gasteiger partial charge in [0.2, 0.25) is 0 Å². The van der Waals surface area contributed by atoms with Crippen molar-refractivity contribution >= 4 is 48.3 Å². The third-order valence-corrected chi connectivity index (χ3v) is 6.60. The number of carbonyl (C=O) groups excluding carboxylic acids is 1. The standard InChI is InChI=1S/C21H17N3O4S2/c1-28-14-11-12-18-19(13-14)29-21(22-18)23-20(25)16-9-5-6-10-17(16)24-30(26,27)15-7-3-2-4-8-15/h2-13,24H,1H3,(H,22,23,25). The molecule has 0 fully saturated rings. The third-order valence-electron chi connectivity index (χ3n) is 4.29. The van der Waals surface area contributed by atoms with Gasteiger partial charge in [0.15, 0.2) is 5.13 Å². The highest BCUT2D eigenvalue weighted by Gasteiger charge is 2.19. The lowest BCUT2D eigenvalue weighted by atomic mass is 10.2. The fourth-order valence-corrected chi connectivity index (χ4v) is 4.81. The largest absolute Gasteiger partial charge is 0.497 e. The van der Waals surface area contributed by atoms with Crippen LogP contribution in [0.25, 0.3) is 10.2 Å². The second kappa shape index (κ2) is 8.13. The summed E-state index contributed by atoms with van der Waals surface area (Å²) < 4.78 is 33.9. The van der Waals surface area contributed by atoms with Crippen molar-refractivity contribution in [2.75, 3.05) is 17.1 Å². The van der Waals surface area contributed by atoms with Crippen molar-refractivity contribution < 1.29 is 17.9 Å². The van der Waals surface area contributed by atoms with E-state index in [9.17, 15) is 13.2 Å². The quantitative estimate of drug-likeness (QED) is 0.465. The highest BCUT2D eigenvalue weighted by atomic mass is 32.2. The molecule has 7 nitrogen and oxygen atoms in total. The van der Waals surface area contributed by atoms with Gasteiger partial charge in [0.05, 0.1) is 33.5 Å². The van der Waals surface area contributed by atoms with E-state index in [1.807, 2.05) is 12.1 Å². The zero-order chi connectivity index (χ0) is 21.1. The molecule has 4 rings (SSSR count). The predicted octanol–water partition coefficient (Wildman–Crippen LogP) is 4.36. The Labute approximate surface area is 177 Å². The molecule has 3 aromatic carbocycles. The average molecular weight is 440 g/mol. The smallest absolute Gasteiger partial charge is 0.261 e. The number of hydrogen-bond acceptors (Lipinski definition) is 6. The summed E-state index contributed by atoms with van der Waals surface area (Å²) in [6, 6.07) is 19.8. The molecule has 1 aromatic heterocycles. The molecule has 0 aliphatic heterocycles. The van der Waals surface area contributed by atoms with Crippen molar-refractivity contribution in [2.45, 2.75) is 4.90 Å². The van der Waals surface area contributed by atoms with Gasteiger partial charge in [-0.1, -0.05) is 41.7 Å². The monoisotopic (exact) mass is 439 g/mol. The number of sulfonamides is 1. The van der Waals surface area contributed by atoms with Crippen LogP contribution in [0.5, 0.6) is 5.75 Å². The van der Waals surface area contributed by atoms with E-state index >= 15 is 0 Å². The summed E-state index contributed by atoms with van der Waals surface area (Å²) in [6.07, 6.45) is 0. The van der Waals surface area contributed by atoms with Crippen LogP contribution < -0.4 is 14.8 Å². The molecule has 0 unspecified atom stereocenters. The maximum atomic E-state index is 12.9. The van der Waals surface area contributed by atoms with Gasteiger partial charge in [-0.25, -0.2) is 13.4 Å². The Morgan fingerprint density at radius 2 is 1.73 bits per heavy atom. The first-order valence-corrected chi connectivity index (χ1v) is 11.2. The Morgan fingerprint density at radius 3 is 2.50 bits per heavy atom. The zero-order valence-electron chi connectivity index (χ0n) is 15.8. The van der Waals surface area contributed by atoms with Gasteiger partial charge in [0, 0.05) is 0 Å².